The standard InChI is InChI=1S/C28H36F4N6O/c1-4-33-24-15-23-21(16-35-24)26(17-5-7-18(8-6-17)37(2)3)36-38(23)19-9-11-20(12-10-19)39-27-25(29)22(13-14-34-27)28(30,31)32/h13-20H,4-12H2,1-3H3,(H,33,35)/t17?,18?,19-,20+. The van der Waals surface area contributed by atoms with Gasteiger partial charge in [-0.3, -0.25) is 4.68 Å². The lowest BCUT2D eigenvalue weighted by molar-refractivity contribution is -0.140. The second kappa shape index (κ2) is 11.3. The third-order valence-corrected chi connectivity index (χ3v) is 8.22. The number of rotatable bonds is 7. The van der Waals surface area contributed by atoms with Crippen molar-refractivity contribution in [2.75, 3.05) is 26.0 Å². The Morgan fingerprint density at radius 3 is 2.41 bits per heavy atom. The number of alkyl halides is 3. The summed E-state index contributed by atoms with van der Waals surface area (Å²) in [7, 11) is 4.28. The van der Waals surface area contributed by atoms with E-state index in [1.807, 2.05) is 13.1 Å². The third kappa shape index (κ3) is 5.83. The minimum atomic E-state index is -4.80. The molecule has 212 valence electrons. The number of ether oxygens (including phenoxy) is 1. The highest BCUT2D eigenvalue weighted by Crippen LogP contribution is 2.40. The zero-order valence-electron chi connectivity index (χ0n) is 22.6. The van der Waals surface area contributed by atoms with Crippen LogP contribution in [0.2, 0.25) is 0 Å². The molecule has 5 rings (SSSR count). The highest BCUT2D eigenvalue weighted by Gasteiger charge is 2.37. The fourth-order valence-electron chi connectivity index (χ4n) is 6.07. The first kappa shape index (κ1) is 27.6. The Bertz CT molecular complexity index is 1280. The first-order valence-corrected chi connectivity index (χ1v) is 13.8. The Labute approximate surface area is 225 Å². The zero-order chi connectivity index (χ0) is 27.7. The molecule has 3 aromatic rings. The minimum Gasteiger partial charge on any atom is -0.472 e. The Kier molecular flexibility index (Phi) is 7.98. The number of halogens is 4. The normalized spacial score (nSPS) is 24.3. The van der Waals surface area contributed by atoms with Gasteiger partial charge in [0.05, 0.1) is 22.8 Å². The first-order chi connectivity index (χ1) is 18.7. The minimum absolute atomic E-state index is 0.107. The quantitative estimate of drug-likeness (QED) is 0.337. The lowest BCUT2D eigenvalue weighted by Gasteiger charge is -2.32. The number of pyridine rings is 2. The predicted octanol–water partition coefficient (Wildman–Crippen LogP) is 6.57. The van der Waals surface area contributed by atoms with Crippen LogP contribution in [0.3, 0.4) is 0 Å². The molecule has 0 spiro atoms. The number of hydrogen-bond donors (Lipinski definition) is 1. The van der Waals surface area contributed by atoms with Crippen LogP contribution in [-0.4, -0.2) is 57.4 Å². The second-order valence-corrected chi connectivity index (χ2v) is 10.9. The van der Waals surface area contributed by atoms with E-state index in [0.29, 0.717) is 43.7 Å². The van der Waals surface area contributed by atoms with E-state index in [1.54, 1.807) is 0 Å². The van der Waals surface area contributed by atoms with Gasteiger partial charge >= 0.3 is 6.18 Å². The van der Waals surface area contributed by atoms with Crippen molar-refractivity contribution in [1.29, 1.82) is 0 Å². The lowest BCUT2D eigenvalue weighted by Crippen LogP contribution is -2.31. The van der Waals surface area contributed by atoms with Crippen LogP contribution < -0.4 is 10.1 Å². The van der Waals surface area contributed by atoms with Crippen LogP contribution in [0, 0.1) is 5.82 Å². The largest absolute Gasteiger partial charge is 0.472 e. The molecule has 2 aliphatic rings. The van der Waals surface area contributed by atoms with Crippen LogP contribution in [0.15, 0.2) is 24.5 Å². The molecule has 2 aliphatic carbocycles. The van der Waals surface area contributed by atoms with Gasteiger partial charge in [0.15, 0.2) is 5.82 Å². The Morgan fingerprint density at radius 1 is 1.05 bits per heavy atom. The molecule has 1 N–H and O–H groups in total. The SMILES string of the molecule is CCNc1cc2c(cn1)c(C1CCC(N(C)C)CC1)nn2[C@H]1CC[C@@H](Oc2nccc(C(F)(F)F)c2F)CC1. The smallest absolute Gasteiger partial charge is 0.419 e. The van der Waals surface area contributed by atoms with Crippen molar-refractivity contribution < 1.29 is 22.3 Å². The molecule has 0 amide bonds. The first-order valence-electron chi connectivity index (χ1n) is 13.8. The van der Waals surface area contributed by atoms with E-state index < -0.39 is 29.5 Å². The van der Waals surface area contributed by atoms with Crippen LogP contribution >= 0.6 is 0 Å². The van der Waals surface area contributed by atoms with Crippen LogP contribution in [0.5, 0.6) is 5.88 Å². The molecule has 0 aromatic carbocycles. The summed E-state index contributed by atoms with van der Waals surface area (Å²) in [6.45, 7) is 2.79. The third-order valence-electron chi connectivity index (χ3n) is 8.22. The van der Waals surface area contributed by atoms with Gasteiger partial charge in [-0.1, -0.05) is 0 Å². The van der Waals surface area contributed by atoms with Crippen molar-refractivity contribution in [2.24, 2.45) is 0 Å². The number of nitrogens with one attached hydrogen (secondary N) is 1. The van der Waals surface area contributed by atoms with Gasteiger partial charge in [-0.15, -0.1) is 0 Å². The molecule has 2 fully saturated rings. The molecule has 7 nitrogen and oxygen atoms in total. The average molecular weight is 549 g/mol. The molecule has 3 heterocycles. The maximum atomic E-state index is 14.5. The summed E-state index contributed by atoms with van der Waals surface area (Å²) < 4.78 is 61.5. The van der Waals surface area contributed by atoms with Gasteiger partial charge in [-0.05, 0) is 78.5 Å². The van der Waals surface area contributed by atoms with Gasteiger partial charge < -0.3 is 15.0 Å². The molecule has 2 saturated carbocycles. The van der Waals surface area contributed by atoms with Gasteiger partial charge in [0.1, 0.15) is 11.9 Å². The molecule has 0 radical (unpaired) electrons. The topological polar surface area (TPSA) is 68.1 Å². The number of nitrogens with zero attached hydrogens (tertiary/aromatic N) is 5. The average Bonchev–Trinajstić information content (AvgIpc) is 3.29. The van der Waals surface area contributed by atoms with Gasteiger partial charge in [-0.25, -0.2) is 14.4 Å². The summed E-state index contributed by atoms with van der Waals surface area (Å²) in [6.07, 6.45) is 4.67. The molecular formula is C28H36F4N6O. The molecular weight excluding hydrogens is 512 g/mol. The Hall–Kier alpha value is -2.95. The fraction of sp³-hybridized carbons (Fsp3) is 0.607. The monoisotopic (exact) mass is 548 g/mol. The van der Waals surface area contributed by atoms with Gasteiger partial charge in [0, 0.05) is 42.4 Å². The number of hydrogen-bond acceptors (Lipinski definition) is 6. The number of fused-ring (bicyclic) bond motifs is 1. The molecule has 0 unspecified atom stereocenters. The van der Waals surface area contributed by atoms with Crippen molar-refractivity contribution in [1.82, 2.24) is 24.6 Å². The molecule has 39 heavy (non-hydrogen) atoms. The second-order valence-electron chi connectivity index (χ2n) is 10.9. The van der Waals surface area contributed by atoms with E-state index in [9.17, 15) is 17.6 Å². The lowest BCUT2D eigenvalue weighted by atomic mass is 9.83. The highest BCUT2D eigenvalue weighted by molar-refractivity contribution is 5.84. The van der Waals surface area contributed by atoms with E-state index >= 15 is 0 Å². The van der Waals surface area contributed by atoms with E-state index in [2.05, 4.69) is 45.0 Å². The summed E-state index contributed by atoms with van der Waals surface area (Å²) in [6, 6.07) is 3.39. The van der Waals surface area contributed by atoms with Crippen molar-refractivity contribution in [2.45, 2.75) is 88.6 Å². The number of anilines is 1. The van der Waals surface area contributed by atoms with Crippen molar-refractivity contribution >= 4 is 16.7 Å². The van der Waals surface area contributed by atoms with Crippen LogP contribution in [0.25, 0.3) is 10.9 Å². The summed E-state index contributed by atoms with van der Waals surface area (Å²) in [5, 5.41) is 9.54. The van der Waals surface area contributed by atoms with Crippen molar-refractivity contribution in [3.8, 4) is 5.88 Å². The maximum absolute atomic E-state index is 14.5. The van der Waals surface area contributed by atoms with Gasteiger partial charge in [0.25, 0.3) is 5.88 Å². The van der Waals surface area contributed by atoms with Crippen LogP contribution in [0.1, 0.15) is 81.5 Å². The maximum Gasteiger partial charge on any atom is 0.419 e. The molecule has 0 saturated heterocycles. The summed E-state index contributed by atoms with van der Waals surface area (Å²) >= 11 is 0. The molecule has 0 bridgehead atoms. The summed E-state index contributed by atoms with van der Waals surface area (Å²) in [5.74, 6) is -0.861. The summed E-state index contributed by atoms with van der Waals surface area (Å²) in [4.78, 5) is 10.7. The Morgan fingerprint density at radius 2 is 1.77 bits per heavy atom. The van der Waals surface area contributed by atoms with E-state index in [1.165, 1.54) is 0 Å². The van der Waals surface area contributed by atoms with Crippen LogP contribution in [0.4, 0.5) is 23.4 Å². The molecule has 0 atom stereocenters. The Balaban J connectivity index is 1.34. The summed E-state index contributed by atoms with van der Waals surface area (Å²) in [5.41, 5.74) is 0.786. The van der Waals surface area contributed by atoms with E-state index in [0.717, 1.165) is 60.8 Å². The highest BCUT2D eigenvalue weighted by atomic mass is 19.4. The molecule has 3 aromatic heterocycles. The molecule has 0 aliphatic heterocycles. The van der Waals surface area contributed by atoms with Crippen molar-refractivity contribution in [3.63, 3.8) is 0 Å². The van der Waals surface area contributed by atoms with E-state index in [4.69, 9.17) is 9.84 Å². The van der Waals surface area contributed by atoms with Crippen molar-refractivity contribution in [3.05, 3.63) is 41.6 Å². The van der Waals surface area contributed by atoms with E-state index in [-0.39, 0.29) is 6.04 Å². The zero-order valence-corrected chi connectivity index (χ0v) is 22.6. The predicted molar refractivity (Wildman–Crippen MR) is 141 cm³/mol. The number of aromatic nitrogens is 4. The van der Waals surface area contributed by atoms with Crippen LogP contribution in [-0.2, 0) is 6.18 Å². The molecule has 11 heteroatoms. The fourth-order valence-corrected chi connectivity index (χ4v) is 6.07. The van der Waals surface area contributed by atoms with Gasteiger partial charge in [-0.2, -0.15) is 18.3 Å². The van der Waals surface area contributed by atoms with Gasteiger partial charge in [0.2, 0.25) is 0 Å².